The fraction of sp³-hybridized carbons (Fsp3) is 0.269. The molecule has 0 amide bonds. The highest BCUT2D eigenvalue weighted by atomic mass is 16.4. The van der Waals surface area contributed by atoms with E-state index in [0.29, 0.717) is 6.54 Å². The third-order valence-electron chi connectivity index (χ3n) is 5.40. The molecule has 0 aliphatic carbocycles. The second kappa shape index (κ2) is 13.0. The zero-order valence-electron chi connectivity index (χ0n) is 18.3. The van der Waals surface area contributed by atoms with Gasteiger partial charge in [-0.25, -0.2) is 5.43 Å². The molecule has 0 heterocycles. The maximum atomic E-state index is 12.8. The molecule has 3 rings (SSSR count). The Morgan fingerprint density at radius 1 is 0.788 bits per heavy atom. The molecular weight excluding hydrogens is 418 g/mol. The molecule has 3 aromatic rings. The Balaban J connectivity index is 1.70. The summed E-state index contributed by atoms with van der Waals surface area (Å²) in [6, 6.07) is 28.5. The van der Waals surface area contributed by atoms with E-state index in [2.05, 4.69) is 16.2 Å². The molecule has 0 radical (unpaired) electrons. The van der Waals surface area contributed by atoms with Crippen molar-refractivity contribution in [1.82, 2.24) is 16.2 Å². The largest absolute Gasteiger partial charge is 0.394 e. The van der Waals surface area contributed by atoms with Crippen LogP contribution in [0.2, 0.25) is 0 Å². The fourth-order valence-electron chi connectivity index (χ4n) is 3.52. The lowest BCUT2D eigenvalue weighted by Gasteiger charge is -2.25. The second-order valence-electron chi connectivity index (χ2n) is 7.80. The van der Waals surface area contributed by atoms with Crippen molar-refractivity contribution in [3.63, 3.8) is 0 Å². The minimum atomic E-state index is -1.69. The van der Waals surface area contributed by atoms with E-state index in [9.17, 15) is 15.0 Å². The predicted molar refractivity (Wildman–Crippen MR) is 127 cm³/mol. The first-order valence-corrected chi connectivity index (χ1v) is 11.0. The molecule has 0 saturated carbocycles. The van der Waals surface area contributed by atoms with E-state index in [0.717, 1.165) is 16.7 Å². The van der Waals surface area contributed by atoms with E-state index in [1.165, 1.54) is 0 Å². The topological polar surface area (TPSA) is 114 Å². The van der Waals surface area contributed by atoms with Crippen molar-refractivity contribution in [2.75, 3.05) is 13.2 Å². The summed E-state index contributed by atoms with van der Waals surface area (Å²) >= 11 is 0. The van der Waals surface area contributed by atoms with Crippen LogP contribution in [0.5, 0.6) is 0 Å². The van der Waals surface area contributed by atoms with Gasteiger partial charge in [-0.2, -0.15) is 0 Å². The third kappa shape index (κ3) is 7.30. The zero-order valence-corrected chi connectivity index (χ0v) is 18.3. The number of aliphatic hydroxyl groups is 3. The molecule has 174 valence electrons. The molecule has 0 bridgehead atoms. The average molecular weight is 450 g/mol. The minimum absolute atomic E-state index is 0.150. The summed E-state index contributed by atoms with van der Waals surface area (Å²) in [5.41, 5.74) is 9.48. The lowest BCUT2D eigenvalue weighted by Crippen LogP contribution is -2.54. The van der Waals surface area contributed by atoms with Gasteiger partial charge < -0.3 is 20.6 Å². The number of Topliss-reactive ketones (excluding diaryl/α,β-unsaturated/α-hetero) is 1. The Morgan fingerprint density at radius 3 is 1.82 bits per heavy atom. The number of nitrogens with one attached hydrogen (secondary N) is 3. The highest BCUT2D eigenvalue weighted by Crippen LogP contribution is 2.20. The van der Waals surface area contributed by atoms with Crippen LogP contribution >= 0.6 is 0 Å². The fourth-order valence-corrected chi connectivity index (χ4v) is 3.52. The number of carbonyl (C=O) groups excluding carboxylic acids is 1. The summed E-state index contributed by atoms with van der Waals surface area (Å²) in [5.74, 6) is -0.599. The third-order valence-corrected chi connectivity index (χ3v) is 5.40. The first kappa shape index (κ1) is 24.7. The van der Waals surface area contributed by atoms with E-state index < -0.39 is 30.6 Å². The summed E-state index contributed by atoms with van der Waals surface area (Å²) in [6.07, 6.45) is -3.23. The minimum Gasteiger partial charge on any atom is -0.394 e. The van der Waals surface area contributed by atoms with Crippen LogP contribution in [-0.4, -0.2) is 52.5 Å². The van der Waals surface area contributed by atoms with Crippen molar-refractivity contribution >= 4 is 5.78 Å². The molecule has 2 unspecified atom stereocenters. The molecule has 3 aromatic carbocycles. The van der Waals surface area contributed by atoms with Gasteiger partial charge in [-0.1, -0.05) is 91.0 Å². The normalized spacial score (nSPS) is 14.1. The van der Waals surface area contributed by atoms with Crippen molar-refractivity contribution < 1.29 is 20.1 Å². The maximum absolute atomic E-state index is 12.8. The molecule has 0 saturated heterocycles. The van der Waals surface area contributed by atoms with Crippen LogP contribution in [0.3, 0.4) is 0 Å². The van der Waals surface area contributed by atoms with Crippen molar-refractivity contribution in [1.29, 1.82) is 0 Å². The van der Waals surface area contributed by atoms with Crippen LogP contribution in [0.15, 0.2) is 91.0 Å². The van der Waals surface area contributed by atoms with Gasteiger partial charge in [-0.05, 0) is 16.7 Å². The Kier molecular flexibility index (Phi) is 9.71. The summed E-state index contributed by atoms with van der Waals surface area (Å²) in [6.45, 7) is -0.146. The molecule has 0 fully saturated rings. The number of ketones is 1. The molecule has 7 heteroatoms. The van der Waals surface area contributed by atoms with Gasteiger partial charge in [0.25, 0.3) is 0 Å². The number of aliphatic hydroxyl groups excluding tert-OH is 3. The first-order chi connectivity index (χ1) is 16.1. The van der Waals surface area contributed by atoms with E-state index in [4.69, 9.17) is 5.11 Å². The molecule has 6 N–H and O–H groups in total. The van der Waals surface area contributed by atoms with Crippen LogP contribution < -0.4 is 16.2 Å². The maximum Gasteiger partial charge on any atom is 0.182 e. The summed E-state index contributed by atoms with van der Waals surface area (Å²) in [4.78, 5) is 12.8. The Bertz CT molecular complexity index is 918. The lowest BCUT2D eigenvalue weighted by atomic mass is 9.99. The molecule has 0 aliphatic heterocycles. The smallest absolute Gasteiger partial charge is 0.182 e. The number of hydrogen-bond acceptors (Lipinski definition) is 7. The molecule has 33 heavy (non-hydrogen) atoms. The van der Waals surface area contributed by atoms with Crippen molar-refractivity contribution in [2.24, 2.45) is 0 Å². The predicted octanol–water partition coefficient (Wildman–Crippen LogP) is 1.31. The van der Waals surface area contributed by atoms with Gasteiger partial charge in [0.15, 0.2) is 5.78 Å². The number of benzene rings is 3. The van der Waals surface area contributed by atoms with Crippen LogP contribution in [0.25, 0.3) is 0 Å². The van der Waals surface area contributed by atoms with Crippen molar-refractivity contribution in [3.05, 3.63) is 108 Å². The second-order valence-corrected chi connectivity index (χ2v) is 7.80. The van der Waals surface area contributed by atoms with Crippen LogP contribution in [-0.2, 0) is 11.3 Å². The standard InChI is InChI=1S/C26H31N3O4/c30-18-23(31)26(33)25(32)22(27-16-19-10-4-1-5-11-19)17-28-29-24(20-12-6-2-7-13-20)21-14-8-3-9-15-21/h1-15,22-24,26-31,33H,16-18H2/t22?,23?,26-/m1/s1. The summed E-state index contributed by atoms with van der Waals surface area (Å²) < 4.78 is 0. The zero-order chi connectivity index (χ0) is 23.5. The highest BCUT2D eigenvalue weighted by Gasteiger charge is 2.30. The van der Waals surface area contributed by atoms with Gasteiger partial charge >= 0.3 is 0 Å². The number of hydrazine groups is 1. The van der Waals surface area contributed by atoms with Gasteiger partial charge in [0, 0.05) is 13.1 Å². The summed E-state index contributed by atoms with van der Waals surface area (Å²) in [7, 11) is 0. The van der Waals surface area contributed by atoms with Crippen molar-refractivity contribution in [3.8, 4) is 0 Å². The SMILES string of the molecule is O=C(C(CNNC(c1ccccc1)c1ccccc1)NCc1ccccc1)[C@H](O)C(O)CO. The van der Waals surface area contributed by atoms with Crippen molar-refractivity contribution in [2.45, 2.75) is 30.8 Å². The average Bonchev–Trinajstić information content (AvgIpc) is 2.88. The molecule has 3 atom stereocenters. The Hall–Kier alpha value is -2.91. The van der Waals surface area contributed by atoms with Gasteiger partial charge in [-0.3, -0.25) is 10.2 Å². The van der Waals surface area contributed by atoms with Gasteiger partial charge in [0.2, 0.25) is 0 Å². The molecule has 7 nitrogen and oxygen atoms in total. The van der Waals surface area contributed by atoms with E-state index >= 15 is 0 Å². The molecule has 0 aliphatic rings. The van der Waals surface area contributed by atoms with Crippen LogP contribution in [0.1, 0.15) is 22.7 Å². The highest BCUT2D eigenvalue weighted by molar-refractivity contribution is 5.88. The number of hydrogen-bond donors (Lipinski definition) is 6. The monoisotopic (exact) mass is 449 g/mol. The Morgan fingerprint density at radius 2 is 1.30 bits per heavy atom. The quantitative estimate of drug-likeness (QED) is 0.218. The van der Waals surface area contributed by atoms with E-state index in [-0.39, 0.29) is 12.6 Å². The molecular formula is C26H31N3O4. The summed E-state index contributed by atoms with van der Waals surface area (Å²) in [5, 5.41) is 32.2. The molecule has 0 aromatic heterocycles. The van der Waals surface area contributed by atoms with E-state index in [1.54, 1.807) is 0 Å². The van der Waals surface area contributed by atoms with Gasteiger partial charge in [-0.15, -0.1) is 0 Å². The molecule has 0 spiro atoms. The first-order valence-electron chi connectivity index (χ1n) is 11.0. The number of carbonyl (C=O) groups is 1. The van der Waals surface area contributed by atoms with Gasteiger partial charge in [0.1, 0.15) is 12.2 Å². The van der Waals surface area contributed by atoms with Gasteiger partial charge in [0.05, 0.1) is 18.7 Å². The lowest BCUT2D eigenvalue weighted by molar-refractivity contribution is -0.136. The number of rotatable bonds is 13. The van der Waals surface area contributed by atoms with Crippen LogP contribution in [0.4, 0.5) is 0 Å². The van der Waals surface area contributed by atoms with Crippen LogP contribution in [0, 0.1) is 0 Å². The van der Waals surface area contributed by atoms with E-state index in [1.807, 2.05) is 91.0 Å². The Labute approximate surface area is 194 Å².